The van der Waals surface area contributed by atoms with Gasteiger partial charge >= 0.3 is 0 Å². The summed E-state index contributed by atoms with van der Waals surface area (Å²) in [6.45, 7) is 5.61. The smallest absolute Gasteiger partial charge is 0.242 e. The third-order valence-corrected chi connectivity index (χ3v) is 2.95. The van der Waals surface area contributed by atoms with Gasteiger partial charge in [0.2, 0.25) is 5.88 Å². The maximum atomic E-state index is 6.03. The fourth-order valence-electron chi connectivity index (χ4n) is 1.71. The van der Waals surface area contributed by atoms with E-state index in [9.17, 15) is 0 Å². The van der Waals surface area contributed by atoms with E-state index >= 15 is 0 Å². The van der Waals surface area contributed by atoms with E-state index in [0.29, 0.717) is 29.9 Å². The fourth-order valence-corrected chi connectivity index (χ4v) is 1.71. The number of nitrogens with one attached hydrogen (secondary N) is 1. The van der Waals surface area contributed by atoms with Crippen molar-refractivity contribution in [1.82, 2.24) is 9.97 Å². The van der Waals surface area contributed by atoms with Gasteiger partial charge in [0, 0.05) is 12.5 Å². The minimum Gasteiger partial charge on any atom is -0.476 e. The Labute approximate surface area is 108 Å². The molecule has 1 aliphatic carbocycles. The molecule has 2 rings (SSSR count). The zero-order valence-electron chi connectivity index (χ0n) is 11.2. The quantitative estimate of drug-likeness (QED) is 0.727. The Bertz CT molecular complexity index is 404. The maximum absolute atomic E-state index is 6.03. The molecule has 1 saturated carbocycles. The summed E-state index contributed by atoms with van der Waals surface area (Å²) in [5.74, 6) is 2.61. The lowest BCUT2D eigenvalue weighted by Crippen LogP contribution is -2.10. The molecule has 0 bridgehead atoms. The molecule has 1 heterocycles. The van der Waals surface area contributed by atoms with Crippen molar-refractivity contribution in [2.45, 2.75) is 45.4 Å². The predicted molar refractivity (Wildman–Crippen MR) is 73.0 cm³/mol. The summed E-state index contributed by atoms with van der Waals surface area (Å²) in [5, 5.41) is 3.17. The first kappa shape index (κ1) is 12.9. The van der Waals surface area contributed by atoms with E-state index in [1.807, 2.05) is 6.92 Å². The summed E-state index contributed by atoms with van der Waals surface area (Å²) in [6, 6.07) is 0. The Balaban J connectivity index is 2.18. The van der Waals surface area contributed by atoms with E-state index in [0.717, 1.165) is 25.2 Å². The van der Waals surface area contributed by atoms with E-state index in [1.165, 1.54) is 12.8 Å². The summed E-state index contributed by atoms with van der Waals surface area (Å²) in [4.78, 5) is 8.94. The van der Waals surface area contributed by atoms with E-state index in [4.69, 9.17) is 10.5 Å². The highest BCUT2D eigenvalue weighted by Gasteiger charge is 2.28. The second-order valence-corrected chi connectivity index (χ2v) is 4.66. The molecular formula is C13H22N4O. The number of nitrogens with two attached hydrogens (primary N) is 1. The van der Waals surface area contributed by atoms with Gasteiger partial charge in [0.05, 0.1) is 6.61 Å². The van der Waals surface area contributed by atoms with Gasteiger partial charge in [-0.2, -0.15) is 4.98 Å². The predicted octanol–water partition coefficient (Wildman–Crippen LogP) is 2.55. The van der Waals surface area contributed by atoms with Crippen molar-refractivity contribution in [3.05, 3.63) is 5.82 Å². The minimum absolute atomic E-state index is 0.497. The zero-order chi connectivity index (χ0) is 13.0. The van der Waals surface area contributed by atoms with Crippen LogP contribution in [0.15, 0.2) is 0 Å². The molecule has 5 nitrogen and oxygen atoms in total. The Hall–Kier alpha value is -1.52. The molecule has 5 heteroatoms. The van der Waals surface area contributed by atoms with Crippen LogP contribution in [-0.2, 0) is 0 Å². The Morgan fingerprint density at radius 1 is 1.33 bits per heavy atom. The number of hydrogen-bond acceptors (Lipinski definition) is 5. The first-order chi connectivity index (χ1) is 8.76. The van der Waals surface area contributed by atoms with Crippen LogP contribution in [0.2, 0.25) is 0 Å². The number of anilines is 2. The highest BCUT2D eigenvalue weighted by atomic mass is 16.5. The molecule has 0 atom stereocenters. The number of unbranched alkanes of at least 4 members (excludes halogenated alkanes) is 1. The van der Waals surface area contributed by atoms with Crippen LogP contribution in [0, 0.1) is 0 Å². The standard InChI is InChI=1S/C13H22N4O/c1-3-5-8-18-13-10(14)12(15-4-2)16-11(17-13)9-6-7-9/h9H,3-8,14H2,1-2H3,(H,15,16,17). The van der Waals surface area contributed by atoms with Crippen molar-refractivity contribution in [2.24, 2.45) is 0 Å². The van der Waals surface area contributed by atoms with Crippen LogP contribution in [0.4, 0.5) is 11.5 Å². The largest absolute Gasteiger partial charge is 0.476 e. The molecule has 1 aromatic heterocycles. The summed E-state index contributed by atoms with van der Waals surface area (Å²) in [5.41, 5.74) is 6.55. The number of hydrogen-bond donors (Lipinski definition) is 2. The number of nitrogen functional groups attached to an aromatic ring is 1. The van der Waals surface area contributed by atoms with E-state index in [1.54, 1.807) is 0 Å². The first-order valence-electron chi connectivity index (χ1n) is 6.80. The molecular weight excluding hydrogens is 228 g/mol. The van der Waals surface area contributed by atoms with E-state index in [2.05, 4.69) is 22.2 Å². The molecule has 0 unspecified atom stereocenters. The van der Waals surface area contributed by atoms with Gasteiger partial charge in [0.25, 0.3) is 0 Å². The molecule has 0 aromatic carbocycles. The summed E-state index contributed by atoms with van der Waals surface area (Å²) < 4.78 is 5.67. The lowest BCUT2D eigenvalue weighted by atomic mass is 10.3. The van der Waals surface area contributed by atoms with Crippen LogP contribution in [0.5, 0.6) is 5.88 Å². The Morgan fingerprint density at radius 3 is 2.72 bits per heavy atom. The lowest BCUT2D eigenvalue weighted by Gasteiger charge is -2.13. The molecule has 1 aromatic rings. The molecule has 3 N–H and O–H groups in total. The SMILES string of the molecule is CCCCOc1nc(C2CC2)nc(NCC)c1N. The van der Waals surface area contributed by atoms with Gasteiger partial charge in [0.15, 0.2) is 5.82 Å². The van der Waals surface area contributed by atoms with Gasteiger partial charge in [-0.1, -0.05) is 13.3 Å². The summed E-state index contributed by atoms with van der Waals surface area (Å²) in [6.07, 6.45) is 4.45. The monoisotopic (exact) mass is 250 g/mol. The van der Waals surface area contributed by atoms with Crippen LogP contribution < -0.4 is 15.8 Å². The van der Waals surface area contributed by atoms with Crippen molar-refractivity contribution < 1.29 is 4.74 Å². The Morgan fingerprint density at radius 2 is 2.11 bits per heavy atom. The lowest BCUT2D eigenvalue weighted by molar-refractivity contribution is 0.298. The highest BCUT2D eigenvalue weighted by Crippen LogP contribution is 2.40. The molecule has 0 spiro atoms. The molecule has 100 valence electrons. The number of ether oxygens (including phenoxy) is 1. The molecule has 0 saturated heterocycles. The number of rotatable bonds is 7. The van der Waals surface area contributed by atoms with Crippen LogP contribution in [0.25, 0.3) is 0 Å². The molecule has 1 fully saturated rings. The van der Waals surface area contributed by atoms with Crippen molar-refractivity contribution in [1.29, 1.82) is 0 Å². The van der Waals surface area contributed by atoms with E-state index < -0.39 is 0 Å². The molecule has 1 aliphatic rings. The van der Waals surface area contributed by atoms with Gasteiger partial charge in [-0.3, -0.25) is 0 Å². The van der Waals surface area contributed by atoms with Crippen molar-refractivity contribution in [3.8, 4) is 5.88 Å². The third kappa shape index (κ3) is 3.03. The van der Waals surface area contributed by atoms with Crippen molar-refractivity contribution >= 4 is 11.5 Å². The highest BCUT2D eigenvalue weighted by molar-refractivity contribution is 5.67. The topological polar surface area (TPSA) is 73.1 Å². The van der Waals surface area contributed by atoms with Gasteiger partial charge in [-0.05, 0) is 26.2 Å². The first-order valence-corrected chi connectivity index (χ1v) is 6.80. The molecule has 18 heavy (non-hydrogen) atoms. The van der Waals surface area contributed by atoms with Crippen LogP contribution in [-0.4, -0.2) is 23.1 Å². The van der Waals surface area contributed by atoms with Gasteiger partial charge in [-0.25, -0.2) is 4.98 Å². The maximum Gasteiger partial charge on any atom is 0.242 e. The van der Waals surface area contributed by atoms with Crippen LogP contribution >= 0.6 is 0 Å². The summed E-state index contributed by atoms with van der Waals surface area (Å²) >= 11 is 0. The fraction of sp³-hybridized carbons (Fsp3) is 0.692. The molecule has 0 aliphatic heterocycles. The Kier molecular flexibility index (Phi) is 4.23. The average molecular weight is 250 g/mol. The minimum atomic E-state index is 0.497. The van der Waals surface area contributed by atoms with E-state index in [-0.39, 0.29) is 0 Å². The second-order valence-electron chi connectivity index (χ2n) is 4.66. The third-order valence-electron chi connectivity index (χ3n) is 2.95. The normalized spacial score (nSPS) is 14.6. The van der Waals surface area contributed by atoms with Gasteiger partial charge in [-0.15, -0.1) is 0 Å². The number of nitrogens with zero attached hydrogens (tertiary/aromatic N) is 2. The van der Waals surface area contributed by atoms with Crippen LogP contribution in [0.3, 0.4) is 0 Å². The zero-order valence-corrected chi connectivity index (χ0v) is 11.2. The van der Waals surface area contributed by atoms with Gasteiger partial charge < -0.3 is 15.8 Å². The van der Waals surface area contributed by atoms with Crippen LogP contribution in [0.1, 0.15) is 51.3 Å². The van der Waals surface area contributed by atoms with Gasteiger partial charge in [0.1, 0.15) is 11.5 Å². The van der Waals surface area contributed by atoms with Crippen molar-refractivity contribution in [2.75, 3.05) is 24.2 Å². The van der Waals surface area contributed by atoms with Crippen molar-refractivity contribution in [3.63, 3.8) is 0 Å². The molecule has 0 radical (unpaired) electrons. The summed E-state index contributed by atoms with van der Waals surface area (Å²) in [7, 11) is 0. The second kappa shape index (κ2) is 5.89. The number of aromatic nitrogens is 2. The average Bonchev–Trinajstić information content (AvgIpc) is 3.18. The molecule has 0 amide bonds.